The third-order valence-corrected chi connectivity index (χ3v) is 4.35. The van der Waals surface area contributed by atoms with Gasteiger partial charge in [0.15, 0.2) is 5.65 Å². The lowest BCUT2D eigenvalue weighted by molar-refractivity contribution is 0.0956. The first-order valence-corrected chi connectivity index (χ1v) is 8.39. The van der Waals surface area contributed by atoms with E-state index >= 15 is 0 Å². The number of nitrogens with two attached hydrogens (primary N) is 1. The smallest absolute Gasteiger partial charge is 0.256 e. The number of hydrogen-bond acceptors (Lipinski definition) is 4. The number of aryl methyl sites for hydroxylation is 3. The van der Waals surface area contributed by atoms with Crippen molar-refractivity contribution >= 4 is 11.6 Å². The van der Waals surface area contributed by atoms with Crippen LogP contribution in [0.5, 0.6) is 0 Å². The van der Waals surface area contributed by atoms with Crippen LogP contribution in [0, 0.1) is 20.8 Å². The zero-order valence-corrected chi connectivity index (χ0v) is 14.8. The van der Waals surface area contributed by atoms with E-state index in [1.54, 1.807) is 10.7 Å². The van der Waals surface area contributed by atoms with Gasteiger partial charge in [-0.25, -0.2) is 9.50 Å². The predicted molar refractivity (Wildman–Crippen MR) is 97.8 cm³/mol. The number of nitrogens with zero attached hydrogens (tertiary/aromatic N) is 3. The van der Waals surface area contributed by atoms with E-state index in [9.17, 15) is 4.79 Å². The van der Waals surface area contributed by atoms with E-state index < -0.39 is 0 Å². The first-order valence-electron chi connectivity index (χ1n) is 8.39. The number of benzene rings is 1. The van der Waals surface area contributed by atoms with Crippen LogP contribution in [0.1, 0.15) is 38.4 Å². The molecule has 0 fully saturated rings. The summed E-state index contributed by atoms with van der Waals surface area (Å²) in [5, 5.41) is 7.14. The van der Waals surface area contributed by atoms with Gasteiger partial charge in [-0.05, 0) is 31.9 Å². The second kappa shape index (κ2) is 7.03. The zero-order valence-electron chi connectivity index (χ0n) is 14.8. The molecule has 0 aliphatic carbocycles. The lowest BCUT2D eigenvalue weighted by Crippen LogP contribution is -2.29. The van der Waals surface area contributed by atoms with Crippen LogP contribution >= 0.6 is 0 Å². The number of carbonyl (C=O) groups excluding carboxylic acids is 1. The average Bonchev–Trinajstić information content (AvgIpc) is 3.00. The fraction of sp³-hybridized carbons (Fsp3) is 0.316. The van der Waals surface area contributed by atoms with E-state index in [1.807, 2.05) is 13.8 Å². The van der Waals surface area contributed by atoms with Gasteiger partial charge in [0.25, 0.3) is 5.91 Å². The Morgan fingerprint density at radius 1 is 1.28 bits per heavy atom. The first-order chi connectivity index (χ1) is 12.0. The molecular formula is C19H23N5O. The third kappa shape index (κ3) is 3.39. The molecule has 0 unspecified atom stereocenters. The molecule has 0 saturated heterocycles. The second-order valence-electron chi connectivity index (χ2n) is 6.27. The Balaban J connectivity index is 2.01. The highest BCUT2D eigenvalue weighted by Crippen LogP contribution is 2.20. The monoisotopic (exact) mass is 337 g/mol. The quantitative estimate of drug-likeness (QED) is 0.745. The number of amides is 1. The van der Waals surface area contributed by atoms with Gasteiger partial charge in [-0.15, -0.1) is 0 Å². The summed E-state index contributed by atoms with van der Waals surface area (Å²) in [4.78, 5) is 16.9. The lowest BCUT2D eigenvalue weighted by atomic mass is 10.0. The second-order valence-corrected chi connectivity index (χ2v) is 6.27. The molecule has 0 saturated carbocycles. The van der Waals surface area contributed by atoms with Crippen LogP contribution in [-0.4, -0.2) is 33.6 Å². The SMILES string of the molecule is Cc1cccc(Cc2c(C)nc3c(C(=O)NCCN)cnn3c2C)c1. The van der Waals surface area contributed by atoms with Crippen LogP contribution < -0.4 is 11.1 Å². The fourth-order valence-corrected chi connectivity index (χ4v) is 3.03. The number of fused-ring (bicyclic) bond motifs is 1. The Bertz CT molecular complexity index is 929. The van der Waals surface area contributed by atoms with Gasteiger partial charge in [0.05, 0.1) is 6.20 Å². The van der Waals surface area contributed by atoms with Crippen molar-refractivity contribution in [3.8, 4) is 0 Å². The number of hydrogen-bond donors (Lipinski definition) is 2. The summed E-state index contributed by atoms with van der Waals surface area (Å²) in [5.41, 5.74) is 12.0. The highest BCUT2D eigenvalue weighted by Gasteiger charge is 2.18. The van der Waals surface area contributed by atoms with Gasteiger partial charge in [0.1, 0.15) is 5.56 Å². The van der Waals surface area contributed by atoms with Gasteiger partial charge < -0.3 is 11.1 Å². The molecule has 6 nitrogen and oxygen atoms in total. The van der Waals surface area contributed by atoms with Crippen molar-refractivity contribution in [2.24, 2.45) is 5.73 Å². The summed E-state index contributed by atoms with van der Waals surface area (Å²) < 4.78 is 1.75. The summed E-state index contributed by atoms with van der Waals surface area (Å²) in [6.07, 6.45) is 2.36. The van der Waals surface area contributed by atoms with Crippen LogP contribution in [-0.2, 0) is 6.42 Å². The van der Waals surface area contributed by atoms with Crippen molar-refractivity contribution in [2.45, 2.75) is 27.2 Å². The molecule has 3 N–H and O–H groups in total. The first kappa shape index (κ1) is 17.1. The standard InChI is InChI=1S/C19H23N5O/c1-12-5-4-6-15(9-12)10-16-13(2)23-18-17(19(25)21-8-7-20)11-22-24(18)14(16)3/h4-6,9,11H,7-8,10,20H2,1-3H3,(H,21,25). The lowest BCUT2D eigenvalue weighted by Gasteiger charge is -2.12. The molecule has 6 heteroatoms. The van der Waals surface area contributed by atoms with Gasteiger partial charge in [-0.3, -0.25) is 4.79 Å². The van der Waals surface area contributed by atoms with Gasteiger partial charge in [-0.1, -0.05) is 29.8 Å². The van der Waals surface area contributed by atoms with Crippen molar-refractivity contribution in [3.63, 3.8) is 0 Å². The molecule has 2 heterocycles. The molecule has 0 bridgehead atoms. The summed E-state index contributed by atoms with van der Waals surface area (Å²) in [6.45, 7) is 6.91. The Labute approximate surface area is 147 Å². The molecule has 1 aromatic carbocycles. The highest BCUT2D eigenvalue weighted by atomic mass is 16.1. The number of carbonyl (C=O) groups is 1. The van der Waals surface area contributed by atoms with E-state index in [0.29, 0.717) is 24.3 Å². The molecule has 0 aliphatic heterocycles. The molecule has 130 valence electrons. The maximum Gasteiger partial charge on any atom is 0.256 e. The van der Waals surface area contributed by atoms with E-state index in [-0.39, 0.29) is 5.91 Å². The minimum absolute atomic E-state index is 0.196. The molecule has 3 rings (SSSR count). The largest absolute Gasteiger partial charge is 0.351 e. The minimum atomic E-state index is -0.196. The number of rotatable bonds is 5. The van der Waals surface area contributed by atoms with Crippen LogP contribution in [0.4, 0.5) is 0 Å². The van der Waals surface area contributed by atoms with Crippen LogP contribution in [0.25, 0.3) is 5.65 Å². The van der Waals surface area contributed by atoms with Crippen molar-refractivity contribution in [2.75, 3.05) is 13.1 Å². The van der Waals surface area contributed by atoms with E-state index in [0.717, 1.165) is 23.4 Å². The maximum atomic E-state index is 12.3. The van der Waals surface area contributed by atoms with Crippen LogP contribution in [0.15, 0.2) is 30.5 Å². The van der Waals surface area contributed by atoms with E-state index in [2.05, 4.69) is 46.6 Å². The Kier molecular flexibility index (Phi) is 4.81. The Hall–Kier alpha value is -2.73. The molecule has 1 amide bonds. The Morgan fingerprint density at radius 3 is 2.80 bits per heavy atom. The number of nitrogens with one attached hydrogen (secondary N) is 1. The van der Waals surface area contributed by atoms with Crippen molar-refractivity contribution in [1.29, 1.82) is 0 Å². The van der Waals surface area contributed by atoms with Crippen molar-refractivity contribution in [3.05, 3.63) is 64.1 Å². The topological polar surface area (TPSA) is 85.3 Å². The Morgan fingerprint density at radius 2 is 2.08 bits per heavy atom. The summed E-state index contributed by atoms with van der Waals surface area (Å²) in [6, 6.07) is 8.45. The van der Waals surface area contributed by atoms with Crippen LogP contribution in [0.3, 0.4) is 0 Å². The molecule has 0 radical (unpaired) electrons. The molecule has 0 atom stereocenters. The summed E-state index contributed by atoms with van der Waals surface area (Å²) in [7, 11) is 0. The minimum Gasteiger partial charge on any atom is -0.351 e. The molecule has 0 aliphatic rings. The summed E-state index contributed by atoms with van der Waals surface area (Å²) >= 11 is 0. The summed E-state index contributed by atoms with van der Waals surface area (Å²) in [5.74, 6) is -0.196. The van der Waals surface area contributed by atoms with Gasteiger partial charge >= 0.3 is 0 Å². The molecule has 3 aromatic rings. The average molecular weight is 337 g/mol. The van der Waals surface area contributed by atoms with E-state index in [1.165, 1.54) is 11.1 Å². The van der Waals surface area contributed by atoms with E-state index in [4.69, 9.17) is 5.73 Å². The molecule has 25 heavy (non-hydrogen) atoms. The van der Waals surface area contributed by atoms with Crippen molar-refractivity contribution in [1.82, 2.24) is 19.9 Å². The normalized spacial score (nSPS) is 11.0. The molecular weight excluding hydrogens is 314 g/mol. The predicted octanol–water partition coefficient (Wildman–Crippen LogP) is 1.93. The molecule has 2 aromatic heterocycles. The maximum absolute atomic E-state index is 12.3. The highest BCUT2D eigenvalue weighted by molar-refractivity contribution is 5.99. The van der Waals surface area contributed by atoms with Crippen LogP contribution in [0.2, 0.25) is 0 Å². The third-order valence-electron chi connectivity index (χ3n) is 4.35. The fourth-order valence-electron chi connectivity index (χ4n) is 3.03. The van der Waals surface area contributed by atoms with Gasteiger partial charge in [-0.2, -0.15) is 5.10 Å². The van der Waals surface area contributed by atoms with Gasteiger partial charge in [0.2, 0.25) is 0 Å². The molecule has 0 spiro atoms. The number of aromatic nitrogens is 3. The van der Waals surface area contributed by atoms with Crippen molar-refractivity contribution < 1.29 is 4.79 Å². The van der Waals surface area contributed by atoms with Gasteiger partial charge in [0, 0.05) is 30.9 Å². The zero-order chi connectivity index (χ0) is 18.0.